The summed E-state index contributed by atoms with van der Waals surface area (Å²) in [6.07, 6.45) is 3.15. The van der Waals surface area contributed by atoms with E-state index in [1.165, 1.54) is 12.1 Å². The summed E-state index contributed by atoms with van der Waals surface area (Å²) in [5.41, 5.74) is 2.53. The summed E-state index contributed by atoms with van der Waals surface area (Å²) in [5, 5.41) is 6.59. The lowest BCUT2D eigenvalue weighted by molar-refractivity contribution is 0.584. The largest absolute Gasteiger partial charge is 0.276 e. The Balaban J connectivity index is 2.19. The molecule has 0 aliphatic heterocycles. The number of rotatable bonds is 1. The molecule has 0 saturated carbocycles. The Hall–Kier alpha value is -2.30. The number of aromatic amines is 1. The lowest BCUT2D eigenvalue weighted by atomic mass is 10.1. The van der Waals surface area contributed by atoms with Crippen molar-refractivity contribution in [3.63, 3.8) is 0 Å². The van der Waals surface area contributed by atoms with Crippen LogP contribution in [0.15, 0.2) is 36.7 Å². The molecule has 0 aliphatic carbocycles. The second-order valence-corrected chi connectivity index (χ2v) is 3.68. The maximum Gasteiger partial charge on any atom is 0.126 e. The molecule has 0 aliphatic rings. The van der Waals surface area contributed by atoms with Crippen molar-refractivity contribution in [2.24, 2.45) is 0 Å². The Bertz CT molecular complexity index is 671. The molecule has 17 heavy (non-hydrogen) atoms. The van der Waals surface area contributed by atoms with Gasteiger partial charge in [-0.2, -0.15) is 5.10 Å². The smallest absolute Gasteiger partial charge is 0.126 e. The average Bonchev–Trinajstić information content (AvgIpc) is 2.74. The molecule has 84 valence electrons. The van der Waals surface area contributed by atoms with E-state index in [0.717, 1.165) is 11.6 Å². The number of aromatic nitrogens is 3. The highest BCUT2D eigenvalue weighted by molar-refractivity contribution is 5.79. The van der Waals surface area contributed by atoms with Crippen LogP contribution in [-0.2, 0) is 0 Å². The SMILES string of the molecule is Fc1cc(F)cc(-c2cnc3cn[nH]c3c2)c1. The number of benzene rings is 1. The molecule has 0 radical (unpaired) electrons. The highest BCUT2D eigenvalue weighted by Crippen LogP contribution is 2.23. The van der Waals surface area contributed by atoms with Crippen molar-refractivity contribution >= 4 is 11.0 Å². The molecule has 0 spiro atoms. The third kappa shape index (κ3) is 1.75. The van der Waals surface area contributed by atoms with E-state index in [2.05, 4.69) is 15.2 Å². The average molecular weight is 231 g/mol. The number of halogens is 2. The first-order valence-corrected chi connectivity index (χ1v) is 4.98. The van der Waals surface area contributed by atoms with Crippen molar-refractivity contribution in [1.29, 1.82) is 0 Å². The minimum atomic E-state index is -0.607. The van der Waals surface area contributed by atoms with Gasteiger partial charge in [-0.25, -0.2) is 8.78 Å². The highest BCUT2D eigenvalue weighted by atomic mass is 19.1. The normalized spacial score (nSPS) is 10.9. The van der Waals surface area contributed by atoms with E-state index in [0.29, 0.717) is 16.6 Å². The Morgan fingerprint density at radius 1 is 0.882 bits per heavy atom. The predicted molar refractivity (Wildman–Crippen MR) is 59.2 cm³/mol. The van der Waals surface area contributed by atoms with Gasteiger partial charge >= 0.3 is 0 Å². The Kier molecular flexibility index (Phi) is 2.11. The van der Waals surface area contributed by atoms with E-state index in [1.54, 1.807) is 18.5 Å². The van der Waals surface area contributed by atoms with Crippen molar-refractivity contribution in [3.8, 4) is 11.1 Å². The molecule has 0 bridgehead atoms. The first-order valence-electron chi connectivity index (χ1n) is 4.98. The summed E-state index contributed by atoms with van der Waals surface area (Å²) in [4.78, 5) is 4.14. The van der Waals surface area contributed by atoms with E-state index < -0.39 is 11.6 Å². The van der Waals surface area contributed by atoms with Gasteiger partial charge in [-0.3, -0.25) is 10.1 Å². The van der Waals surface area contributed by atoms with E-state index in [1.807, 2.05) is 0 Å². The number of nitrogens with zero attached hydrogens (tertiary/aromatic N) is 2. The minimum Gasteiger partial charge on any atom is -0.276 e. The van der Waals surface area contributed by atoms with Crippen LogP contribution < -0.4 is 0 Å². The molecule has 1 aromatic carbocycles. The molecule has 3 rings (SSSR count). The quantitative estimate of drug-likeness (QED) is 0.699. The van der Waals surface area contributed by atoms with Crippen LogP contribution in [0.25, 0.3) is 22.2 Å². The first kappa shape index (κ1) is 9.89. The van der Waals surface area contributed by atoms with E-state index in [9.17, 15) is 8.78 Å². The number of pyridine rings is 1. The molecule has 5 heteroatoms. The van der Waals surface area contributed by atoms with Crippen molar-refractivity contribution in [1.82, 2.24) is 15.2 Å². The zero-order chi connectivity index (χ0) is 11.8. The van der Waals surface area contributed by atoms with Gasteiger partial charge in [-0.15, -0.1) is 0 Å². The van der Waals surface area contributed by atoms with Gasteiger partial charge in [0.05, 0.1) is 11.7 Å². The van der Waals surface area contributed by atoms with Gasteiger partial charge in [-0.1, -0.05) is 0 Å². The van der Waals surface area contributed by atoms with Crippen molar-refractivity contribution in [2.75, 3.05) is 0 Å². The second-order valence-electron chi connectivity index (χ2n) is 3.68. The second kappa shape index (κ2) is 3.62. The Morgan fingerprint density at radius 2 is 1.65 bits per heavy atom. The summed E-state index contributed by atoms with van der Waals surface area (Å²) >= 11 is 0. The summed E-state index contributed by atoms with van der Waals surface area (Å²) in [6, 6.07) is 5.12. The molecule has 3 nitrogen and oxygen atoms in total. The molecule has 0 unspecified atom stereocenters. The van der Waals surface area contributed by atoms with Crippen molar-refractivity contribution < 1.29 is 8.78 Å². The van der Waals surface area contributed by atoms with Gasteiger partial charge < -0.3 is 0 Å². The number of nitrogens with one attached hydrogen (secondary N) is 1. The lowest BCUT2D eigenvalue weighted by Crippen LogP contribution is -1.85. The molecule has 0 atom stereocenters. The fourth-order valence-electron chi connectivity index (χ4n) is 1.71. The third-order valence-electron chi connectivity index (χ3n) is 2.49. The number of H-pyrrole nitrogens is 1. The molecule has 0 saturated heterocycles. The van der Waals surface area contributed by atoms with E-state index in [-0.39, 0.29) is 0 Å². The fraction of sp³-hybridized carbons (Fsp3) is 0. The van der Waals surface area contributed by atoms with Crippen LogP contribution in [0.1, 0.15) is 0 Å². The summed E-state index contributed by atoms with van der Waals surface area (Å²) in [5.74, 6) is -1.21. The molecule has 0 amide bonds. The van der Waals surface area contributed by atoms with Crippen LogP contribution in [0.3, 0.4) is 0 Å². The summed E-state index contributed by atoms with van der Waals surface area (Å²) < 4.78 is 26.2. The number of fused-ring (bicyclic) bond motifs is 1. The van der Waals surface area contributed by atoms with Crippen LogP contribution in [-0.4, -0.2) is 15.2 Å². The van der Waals surface area contributed by atoms with Gasteiger partial charge in [-0.05, 0) is 23.8 Å². The maximum absolute atomic E-state index is 13.1. The molecular weight excluding hydrogens is 224 g/mol. The van der Waals surface area contributed by atoms with Crippen molar-refractivity contribution in [3.05, 3.63) is 48.3 Å². The molecular formula is C12H7F2N3. The standard InChI is InChI=1S/C12H7F2N3/c13-9-1-7(2-10(14)4-9)8-3-11-12(15-5-8)6-16-17-11/h1-6H,(H,16,17). The monoisotopic (exact) mass is 231 g/mol. The molecule has 2 heterocycles. The molecule has 1 N–H and O–H groups in total. The Morgan fingerprint density at radius 3 is 2.41 bits per heavy atom. The minimum absolute atomic E-state index is 0.450. The predicted octanol–water partition coefficient (Wildman–Crippen LogP) is 2.90. The zero-order valence-electron chi connectivity index (χ0n) is 8.61. The molecule has 2 aromatic heterocycles. The Labute approximate surface area is 95.1 Å². The van der Waals surface area contributed by atoms with E-state index in [4.69, 9.17) is 0 Å². The number of hydrogen-bond donors (Lipinski definition) is 1. The van der Waals surface area contributed by atoms with Gasteiger partial charge in [0.25, 0.3) is 0 Å². The summed E-state index contributed by atoms with van der Waals surface area (Å²) in [7, 11) is 0. The fourth-order valence-corrected chi connectivity index (χ4v) is 1.71. The first-order chi connectivity index (χ1) is 8.22. The van der Waals surface area contributed by atoms with Crippen LogP contribution in [0.5, 0.6) is 0 Å². The van der Waals surface area contributed by atoms with Crippen LogP contribution in [0.4, 0.5) is 8.78 Å². The summed E-state index contributed by atoms with van der Waals surface area (Å²) in [6.45, 7) is 0. The van der Waals surface area contributed by atoms with Gasteiger partial charge in [0, 0.05) is 17.8 Å². The molecule has 0 fully saturated rings. The van der Waals surface area contributed by atoms with E-state index >= 15 is 0 Å². The van der Waals surface area contributed by atoms with Gasteiger partial charge in [0.2, 0.25) is 0 Å². The maximum atomic E-state index is 13.1. The van der Waals surface area contributed by atoms with Crippen LogP contribution in [0.2, 0.25) is 0 Å². The van der Waals surface area contributed by atoms with Crippen LogP contribution in [0, 0.1) is 11.6 Å². The van der Waals surface area contributed by atoms with Gasteiger partial charge in [0.15, 0.2) is 0 Å². The topological polar surface area (TPSA) is 41.6 Å². The van der Waals surface area contributed by atoms with Crippen molar-refractivity contribution in [2.45, 2.75) is 0 Å². The number of hydrogen-bond acceptors (Lipinski definition) is 2. The van der Waals surface area contributed by atoms with Gasteiger partial charge in [0.1, 0.15) is 17.2 Å². The molecule has 3 aromatic rings. The lowest BCUT2D eigenvalue weighted by Gasteiger charge is -2.02. The third-order valence-corrected chi connectivity index (χ3v) is 2.49. The zero-order valence-corrected chi connectivity index (χ0v) is 8.61. The van der Waals surface area contributed by atoms with Crippen LogP contribution >= 0.6 is 0 Å². The highest BCUT2D eigenvalue weighted by Gasteiger charge is 2.05.